The van der Waals surface area contributed by atoms with Gasteiger partial charge in [0.05, 0.1) is 22.3 Å². The first-order chi connectivity index (χ1) is 26.7. The van der Waals surface area contributed by atoms with Gasteiger partial charge in [-0.25, -0.2) is 29.9 Å². The van der Waals surface area contributed by atoms with Crippen LogP contribution in [-0.2, 0) is 6.18 Å². The second-order valence-corrected chi connectivity index (χ2v) is 13.2. The van der Waals surface area contributed by atoms with Crippen molar-refractivity contribution in [3.63, 3.8) is 0 Å². The normalized spacial score (nSPS) is 11.7. The molecule has 0 aliphatic heterocycles. The van der Waals surface area contributed by atoms with Crippen molar-refractivity contribution in [1.82, 2.24) is 34.5 Å². The summed E-state index contributed by atoms with van der Waals surface area (Å²) in [6.07, 6.45) is -4.57. The lowest BCUT2D eigenvalue weighted by atomic mass is 9.97. The largest absolute Gasteiger partial charge is 0.417 e. The van der Waals surface area contributed by atoms with Gasteiger partial charge >= 0.3 is 6.18 Å². The van der Waals surface area contributed by atoms with Gasteiger partial charge in [0.15, 0.2) is 23.3 Å². The molecule has 0 spiro atoms. The molecule has 0 atom stereocenters. The number of rotatable bonds is 6. The summed E-state index contributed by atoms with van der Waals surface area (Å²) in [5.41, 5.74) is 4.92. The molecule has 0 fully saturated rings. The lowest BCUT2D eigenvalue weighted by Gasteiger charge is -2.18. The summed E-state index contributed by atoms with van der Waals surface area (Å²) in [6, 6.07) is 44.2. The van der Waals surface area contributed by atoms with E-state index in [0.717, 1.165) is 44.6 Å². The molecule has 0 bridgehead atoms. The molecule has 0 amide bonds. The molecule has 0 aliphatic carbocycles. The zero-order chi connectivity index (χ0) is 37.7. The molecule has 3 aromatic heterocycles. The van der Waals surface area contributed by atoms with Crippen molar-refractivity contribution in [2.24, 2.45) is 0 Å². The predicted octanol–water partition coefficient (Wildman–Crippen LogP) is 11.1. The monoisotopic (exact) mass is 725 g/mol. The first kappa shape index (κ1) is 33.7. The molecule has 266 valence electrons. The lowest BCUT2D eigenvalue weighted by Crippen LogP contribution is -2.07. The van der Waals surface area contributed by atoms with E-state index in [1.54, 1.807) is 24.3 Å². The summed E-state index contributed by atoms with van der Waals surface area (Å²) in [7, 11) is 0. The van der Waals surface area contributed by atoms with E-state index in [1.165, 1.54) is 12.1 Å². The van der Waals surface area contributed by atoms with Crippen molar-refractivity contribution >= 4 is 21.8 Å². The number of hydrogen-bond donors (Lipinski definition) is 0. The Kier molecular flexibility index (Phi) is 8.23. The Balaban J connectivity index is 1.38. The van der Waals surface area contributed by atoms with Crippen molar-refractivity contribution in [3.05, 3.63) is 163 Å². The van der Waals surface area contributed by atoms with Crippen LogP contribution in [0, 0.1) is 13.8 Å². The highest BCUT2D eigenvalue weighted by Gasteiger charge is 2.33. The summed E-state index contributed by atoms with van der Waals surface area (Å²) in [4.78, 5) is 28.6. The molecular weight excluding hydrogens is 696 g/mol. The molecule has 7 nitrogen and oxygen atoms in total. The number of aryl methyl sites for hydroxylation is 2. The molecule has 0 saturated carbocycles. The van der Waals surface area contributed by atoms with Gasteiger partial charge < -0.3 is 4.57 Å². The zero-order valence-electron chi connectivity index (χ0n) is 29.6. The zero-order valence-corrected chi connectivity index (χ0v) is 29.6. The van der Waals surface area contributed by atoms with Crippen LogP contribution < -0.4 is 0 Å². The number of fused-ring (bicyclic) bond motifs is 3. The SMILES string of the molecule is Cc1nc(C)nc(-c2ccc3c4ccccc4n(-c4cc(-c5ccccc5C(F)(F)F)ccc4-c4nc(-c5ccccc5)nc(-c5ccccc5)n4)c3c2)n1. The number of para-hydroxylation sites is 1. The van der Waals surface area contributed by atoms with Crippen LogP contribution in [0.2, 0.25) is 0 Å². The van der Waals surface area contributed by atoms with Crippen molar-refractivity contribution in [3.8, 4) is 62.4 Å². The van der Waals surface area contributed by atoms with Crippen molar-refractivity contribution in [2.75, 3.05) is 0 Å². The smallest absolute Gasteiger partial charge is 0.308 e. The van der Waals surface area contributed by atoms with E-state index < -0.39 is 11.7 Å². The van der Waals surface area contributed by atoms with Crippen molar-refractivity contribution in [1.29, 1.82) is 0 Å². The van der Waals surface area contributed by atoms with E-state index in [-0.39, 0.29) is 5.56 Å². The molecule has 0 aliphatic rings. The van der Waals surface area contributed by atoms with Gasteiger partial charge in [-0.05, 0) is 55.3 Å². The quantitative estimate of drug-likeness (QED) is 0.170. The fourth-order valence-corrected chi connectivity index (χ4v) is 7.10. The second kappa shape index (κ2) is 13.4. The summed E-state index contributed by atoms with van der Waals surface area (Å²) in [5.74, 6) is 3.01. The van der Waals surface area contributed by atoms with Crippen LogP contribution in [0.5, 0.6) is 0 Å². The maximum Gasteiger partial charge on any atom is 0.417 e. The van der Waals surface area contributed by atoms with E-state index in [9.17, 15) is 13.2 Å². The first-order valence-corrected chi connectivity index (χ1v) is 17.6. The average Bonchev–Trinajstić information content (AvgIpc) is 3.54. The molecule has 9 aromatic rings. The van der Waals surface area contributed by atoms with Crippen LogP contribution in [0.1, 0.15) is 17.2 Å². The van der Waals surface area contributed by atoms with E-state index in [2.05, 4.69) is 19.5 Å². The molecule has 0 radical (unpaired) electrons. The highest BCUT2D eigenvalue weighted by molar-refractivity contribution is 6.10. The Hall–Kier alpha value is -7.07. The Morgan fingerprint density at radius 1 is 0.418 bits per heavy atom. The third kappa shape index (κ3) is 6.27. The molecule has 55 heavy (non-hydrogen) atoms. The molecule has 0 N–H and O–H groups in total. The van der Waals surface area contributed by atoms with Crippen LogP contribution in [0.15, 0.2) is 146 Å². The molecular formula is C45H30F3N7. The van der Waals surface area contributed by atoms with Crippen LogP contribution in [0.3, 0.4) is 0 Å². The van der Waals surface area contributed by atoms with E-state index in [0.29, 0.717) is 51.8 Å². The van der Waals surface area contributed by atoms with Gasteiger partial charge in [0.2, 0.25) is 0 Å². The lowest BCUT2D eigenvalue weighted by molar-refractivity contribution is -0.137. The van der Waals surface area contributed by atoms with Gasteiger partial charge in [-0.2, -0.15) is 13.2 Å². The summed E-state index contributed by atoms with van der Waals surface area (Å²) in [6.45, 7) is 3.65. The Morgan fingerprint density at radius 2 is 0.964 bits per heavy atom. The molecule has 10 heteroatoms. The van der Waals surface area contributed by atoms with Gasteiger partial charge in [-0.15, -0.1) is 0 Å². The van der Waals surface area contributed by atoms with Gasteiger partial charge in [-0.1, -0.05) is 115 Å². The molecule has 0 saturated heterocycles. The van der Waals surface area contributed by atoms with Gasteiger partial charge in [0.1, 0.15) is 11.6 Å². The highest BCUT2D eigenvalue weighted by atomic mass is 19.4. The fourth-order valence-electron chi connectivity index (χ4n) is 7.10. The number of alkyl halides is 3. The summed E-state index contributed by atoms with van der Waals surface area (Å²) >= 11 is 0. The summed E-state index contributed by atoms with van der Waals surface area (Å²) in [5, 5.41) is 1.91. The highest BCUT2D eigenvalue weighted by Crippen LogP contribution is 2.42. The fraction of sp³-hybridized carbons (Fsp3) is 0.0667. The predicted molar refractivity (Wildman–Crippen MR) is 209 cm³/mol. The van der Waals surface area contributed by atoms with E-state index in [1.807, 2.05) is 117 Å². The number of nitrogens with zero attached hydrogens (tertiary/aromatic N) is 7. The Morgan fingerprint density at radius 3 is 1.64 bits per heavy atom. The van der Waals surface area contributed by atoms with Gasteiger partial charge in [-0.3, -0.25) is 0 Å². The van der Waals surface area contributed by atoms with E-state index in [4.69, 9.17) is 15.0 Å². The molecule has 0 unspecified atom stereocenters. The minimum absolute atomic E-state index is 0.0611. The number of hydrogen-bond acceptors (Lipinski definition) is 6. The van der Waals surface area contributed by atoms with Gasteiger partial charge in [0.25, 0.3) is 0 Å². The Labute approximate surface area is 313 Å². The molecule has 9 rings (SSSR count). The number of aromatic nitrogens is 7. The van der Waals surface area contributed by atoms with Crippen molar-refractivity contribution < 1.29 is 13.2 Å². The maximum absolute atomic E-state index is 14.5. The number of halogens is 3. The average molecular weight is 726 g/mol. The number of benzene rings is 6. The minimum Gasteiger partial charge on any atom is -0.308 e. The molecule has 6 aromatic carbocycles. The first-order valence-electron chi connectivity index (χ1n) is 17.6. The van der Waals surface area contributed by atoms with Crippen LogP contribution in [0.25, 0.3) is 84.2 Å². The van der Waals surface area contributed by atoms with Crippen LogP contribution in [0.4, 0.5) is 13.2 Å². The van der Waals surface area contributed by atoms with Gasteiger partial charge in [0, 0.05) is 33.0 Å². The van der Waals surface area contributed by atoms with Crippen LogP contribution >= 0.6 is 0 Å². The third-order valence-corrected chi connectivity index (χ3v) is 9.51. The third-order valence-electron chi connectivity index (χ3n) is 9.51. The molecule has 3 heterocycles. The van der Waals surface area contributed by atoms with Crippen LogP contribution in [-0.4, -0.2) is 34.5 Å². The Bertz CT molecular complexity index is 2810. The van der Waals surface area contributed by atoms with Crippen molar-refractivity contribution in [2.45, 2.75) is 20.0 Å². The minimum atomic E-state index is -4.57. The maximum atomic E-state index is 14.5. The summed E-state index contributed by atoms with van der Waals surface area (Å²) < 4.78 is 45.5. The topological polar surface area (TPSA) is 82.3 Å². The van der Waals surface area contributed by atoms with E-state index >= 15 is 0 Å². The standard InChI is InChI=1S/C45H30F3N7/c1-27-49-28(2)51-43(50-27)32-22-23-35-34-18-10-12-20-38(34)55(39(35)26-32)40-25-31(33-17-9-11-19-37(33)45(46,47)48)21-24-36(40)44-53-41(29-13-5-3-6-14-29)52-42(54-44)30-15-7-4-8-16-30/h3-26H,1-2H3. The second-order valence-electron chi connectivity index (χ2n) is 13.2.